The van der Waals surface area contributed by atoms with Crippen molar-refractivity contribution in [1.29, 1.82) is 5.26 Å². The van der Waals surface area contributed by atoms with Gasteiger partial charge in [-0.15, -0.1) is 11.8 Å². The zero-order chi connectivity index (χ0) is 11.6. The molecule has 1 atom stereocenters. The summed E-state index contributed by atoms with van der Waals surface area (Å²) in [4.78, 5) is 0. The number of hydrogen-bond acceptors (Lipinski definition) is 2. The number of nitriles is 1. The average Bonchev–Trinajstić information content (AvgIpc) is 2.73. The highest BCUT2D eigenvalue weighted by molar-refractivity contribution is 8.01. The lowest BCUT2D eigenvalue weighted by Crippen LogP contribution is -2.21. The molecule has 1 aliphatic rings. The van der Waals surface area contributed by atoms with Gasteiger partial charge in [0, 0.05) is 6.42 Å². The first-order chi connectivity index (χ1) is 7.65. The lowest BCUT2D eigenvalue weighted by Gasteiger charge is -2.19. The van der Waals surface area contributed by atoms with E-state index in [4.69, 9.17) is 0 Å². The summed E-state index contributed by atoms with van der Waals surface area (Å²) in [6.45, 7) is 4.27. The van der Waals surface area contributed by atoms with E-state index in [1.54, 1.807) is 0 Å². The van der Waals surface area contributed by atoms with Gasteiger partial charge in [-0.25, -0.2) is 0 Å². The van der Waals surface area contributed by atoms with Crippen molar-refractivity contribution in [2.75, 3.05) is 5.75 Å². The minimum atomic E-state index is -0.151. The van der Waals surface area contributed by atoms with Crippen molar-refractivity contribution in [2.24, 2.45) is 0 Å². The second kappa shape index (κ2) is 4.51. The molecule has 1 saturated heterocycles. The Balaban J connectivity index is 2.20. The highest BCUT2D eigenvalue weighted by Gasteiger charge is 2.34. The van der Waals surface area contributed by atoms with Crippen molar-refractivity contribution < 1.29 is 0 Å². The topological polar surface area (TPSA) is 23.8 Å². The van der Waals surface area contributed by atoms with Crippen LogP contribution < -0.4 is 0 Å². The molecular weight excluding hydrogens is 214 g/mol. The highest BCUT2D eigenvalue weighted by atomic mass is 32.2. The van der Waals surface area contributed by atoms with E-state index in [1.807, 2.05) is 11.8 Å². The Bertz CT molecular complexity index is 425. The van der Waals surface area contributed by atoms with E-state index in [-0.39, 0.29) is 4.75 Å². The summed E-state index contributed by atoms with van der Waals surface area (Å²) in [6.07, 6.45) is 3.12. The third-order valence-corrected chi connectivity index (χ3v) is 4.85. The van der Waals surface area contributed by atoms with Gasteiger partial charge in [0.25, 0.3) is 0 Å². The van der Waals surface area contributed by atoms with Crippen molar-refractivity contribution in [1.82, 2.24) is 0 Å². The van der Waals surface area contributed by atoms with Gasteiger partial charge in [0.1, 0.15) is 4.75 Å². The molecule has 2 heteroatoms. The Hall–Kier alpha value is -0.940. The van der Waals surface area contributed by atoms with Crippen LogP contribution >= 0.6 is 11.8 Å². The molecule has 0 saturated carbocycles. The fraction of sp³-hybridized carbons (Fsp3) is 0.500. The standard InChI is InChI=1S/C14H17NS/c1-11-4-5-13(8-12(11)2)9-14(10-15)6-3-7-16-14/h4-5,8H,3,6-7,9H2,1-2H3. The van der Waals surface area contributed by atoms with E-state index in [2.05, 4.69) is 38.1 Å². The Morgan fingerprint density at radius 1 is 1.38 bits per heavy atom. The molecule has 84 valence electrons. The van der Waals surface area contributed by atoms with Gasteiger partial charge in [-0.05, 0) is 49.1 Å². The van der Waals surface area contributed by atoms with Gasteiger partial charge in [0.05, 0.1) is 6.07 Å². The fourth-order valence-electron chi connectivity index (χ4n) is 2.21. The molecule has 16 heavy (non-hydrogen) atoms. The smallest absolute Gasteiger partial charge is 0.106 e. The molecule has 1 aliphatic heterocycles. The van der Waals surface area contributed by atoms with Crippen LogP contribution in [0.15, 0.2) is 18.2 Å². The number of benzene rings is 1. The van der Waals surface area contributed by atoms with Crippen LogP contribution in [0.2, 0.25) is 0 Å². The lowest BCUT2D eigenvalue weighted by molar-refractivity contribution is 0.672. The summed E-state index contributed by atoms with van der Waals surface area (Å²) in [5, 5.41) is 9.33. The normalized spacial score (nSPS) is 24.3. The summed E-state index contributed by atoms with van der Waals surface area (Å²) in [7, 11) is 0. The van der Waals surface area contributed by atoms with Gasteiger partial charge < -0.3 is 0 Å². The second-order valence-electron chi connectivity index (χ2n) is 4.65. The number of nitrogens with zero attached hydrogens (tertiary/aromatic N) is 1. The summed E-state index contributed by atoms with van der Waals surface area (Å²) < 4.78 is -0.151. The van der Waals surface area contributed by atoms with Crippen molar-refractivity contribution in [3.63, 3.8) is 0 Å². The molecule has 0 N–H and O–H groups in total. The van der Waals surface area contributed by atoms with Gasteiger partial charge in [-0.1, -0.05) is 18.2 Å². The Morgan fingerprint density at radius 2 is 2.19 bits per heavy atom. The molecule has 1 aromatic carbocycles. The summed E-state index contributed by atoms with van der Waals surface area (Å²) >= 11 is 1.83. The number of thioether (sulfide) groups is 1. The van der Waals surface area contributed by atoms with Crippen molar-refractivity contribution in [3.05, 3.63) is 34.9 Å². The molecular formula is C14H17NS. The first-order valence-electron chi connectivity index (χ1n) is 5.77. The molecule has 0 spiro atoms. The zero-order valence-electron chi connectivity index (χ0n) is 9.92. The van der Waals surface area contributed by atoms with Gasteiger partial charge in [-0.3, -0.25) is 0 Å². The van der Waals surface area contributed by atoms with E-state index >= 15 is 0 Å². The van der Waals surface area contributed by atoms with E-state index in [0.29, 0.717) is 0 Å². The maximum absolute atomic E-state index is 9.33. The molecule has 0 aromatic heterocycles. The van der Waals surface area contributed by atoms with E-state index in [9.17, 15) is 5.26 Å². The van der Waals surface area contributed by atoms with Crippen LogP contribution in [0.25, 0.3) is 0 Å². The lowest BCUT2D eigenvalue weighted by atomic mass is 9.94. The molecule has 1 nitrogen and oxygen atoms in total. The average molecular weight is 231 g/mol. The van der Waals surface area contributed by atoms with Crippen LogP contribution in [0, 0.1) is 25.2 Å². The van der Waals surface area contributed by atoms with Gasteiger partial charge in [0.15, 0.2) is 0 Å². The maximum Gasteiger partial charge on any atom is 0.106 e. The number of rotatable bonds is 2. The Kier molecular flexibility index (Phi) is 3.25. The van der Waals surface area contributed by atoms with Crippen molar-refractivity contribution >= 4 is 11.8 Å². The summed E-state index contributed by atoms with van der Waals surface area (Å²) in [5.74, 6) is 1.14. The first-order valence-corrected chi connectivity index (χ1v) is 6.75. The number of aryl methyl sites for hydroxylation is 2. The van der Waals surface area contributed by atoms with Crippen LogP contribution in [-0.2, 0) is 6.42 Å². The molecule has 0 aliphatic carbocycles. The fourth-order valence-corrected chi connectivity index (χ4v) is 3.51. The molecule has 1 fully saturated rings. The minimum absolute atomic E-state index is 0.151. The SMILES string of the molecule is Cc1ccc(CC2(C#N)CCCS2)cc1C. The van der Waals surface area contributed by atoms with Crippen molar-refractivity contribution in [3.8, 4) is 6.07 Å². The molecule has 1 heterocycles. The van der Waals surface area contributed by atoms with E-state index in [0.717, 1.165) is 18.6 Å². The molecule has 1 aromatic rings. The molecule has 0 amide bonds. The van der Waals surface area contributed by atoms with Crippen LogP contribution in [0.1, 0.15) is 29.5 Å². The van der Waals surface area contributed by atoms with Crippen LogP contribution in [0.4, 0.5) is 0 Å². The zero-order valence-corrected chi connectivity index (χ0v) is 10.7. The van der Waals surface area contributed by atoms with Crippen molar-refractivity contribution in [2.45, 2.75) is 37.9 Å². The van der Waals surface area contributed by atoms with Crippen LogP contribution in [0.5, 0.6) is 0 Å². The van der Waals surface area contributed by atoms with Gasteiger partial charge in [0.2, 0.25) is 0 Å². The van der Waals surface area contributed by atoms with Crippen LogP contribution in [-0.4, -0.2) is 10.5 Å². The minimum Gasteiger partial charge on any atom is -0.197 e. The molecule has 0 radical (unpaired) electrons. The Morgan fingerprint density at radius 3 is 2.75 bits per heavy atom. The third-order valence-electron chi connectivity index (χ3n) is 3.37. The summed E-state index contributed by atoms with van der Waals surface area (Å²) in [6, 6.07) is 9.08. The van der Waals surface area contributed by atoms with Gasteiger partial charge in [-0.2, -0.15) is 5.26 Å². The second-order valence-corrected chi connectivity index (χ2v) is 6.13. The highest BCUT2D eigenvalue weighted by Crippen LogP contribution is 2.40. The van der Waals surface area contributed by atoms with Gasteiger partial charge >= 0.3 is 0 Å². The monoisotopic (exact) mass is 231 g/mol. The molecule has 0 bridgehead atoms. The summed E-state index contributed by atoms with van der Waals surface area (Å²) in [5.41, 5.74) is 3.96. The van der Waals surface area contributed by atoms with E-state index in [1.165, 1.54) is 23.1 Å². The quantitative estimate of drug-likeness (QED) is 0.776. The molecule has 1 unspecified atom stereocenters. The first kappa shape index (κ1) is 11.5. The maximum atomic E-state index is 9.33. The largest absolute Gasteiger partial charge is 0.197 e. The predicted molar refractivity (Wildman–Crippen MR) is 69.7 cm³/mol. The predicted octanol–water partition coefficient (Wildman–Crippen LogP) is 3.64. The number of hydrogen-bond donors (Lipinski definition) is 0. The Labute approximate surface area is 102 Å². The van der Waals surface area contributed by atoms with E-state index < -0.39 is 0 Å². The molecule has 2 rings (SSSR count). The van der Waals surface area contributed by atoms with Crippen LogP contribution in [0.3, 0.4) is 0 Å². The third kappa shape index (κ3) is 2.25.